The van der Waals surface area contributed by atoms with Crippen LogP contribution in [0.25, 0.3) is 0 Å². The fourth-order valence-corrected chi connectivity index (χ4v) is 2.85. The van der Waals surface area contributed by atoms with Crippen molar-refractivity contribution in [2.75, 3.05) is 5.32 Å². The normalized spacial score (nSPS) is 24.8. The highest BCUT2D eigenvalue weighted by atomic mass is 32.1. The minimum absolute atomic E-state index is 0.0411. The molecule has 0 spiro atoms. The first-order valence-corrected chi connectivity index (χ1v) is 6.63. The molecule has 1 saturated carbocycles. The highest BCUT2D eigenvalue weighted by Crippen LogP contribution is 2.41. The van der Waals surface area contributed by atoms with Crippen molar-refractivity contribution in [3.63, 3.8) is 0 Å². The van der Waals surface area contributed by atoms with E-state index in [-0.39, 0.29) is 6.42 Å². The van der Waals surface area contributed by atoms with Gasteiger partial charge in [-0.1, -0.05) is 12.8 Å². The zero-order valence-electron chi connectivity index (χ0n) is 9.54. The van der Waals surface area contributed by atoms with Gasteiger partial charge in [0.05, 0.1) is 5.92 Å². The maximum Gasteiger partial charge on any atom is 0.392 e. The molecule has 7 heteroatoms. The highest BCUT2D eigenvalue weighted by molar-refractivity contribution is 7.13. The van der Waals surface area contributed by atoms with Gasteiger partial charge in [-0.15, -0.1) is 11.3 Å². The molecule has 2 atom stereocenters. The maximum atomic E-state index is 12.8. The molecule has 0 saturated heterocycles. The SMILES string of the molecule is O=C(Nc1nccs1)[C@H]1CCCC[C@H]1C(F)(F)F. The Kier molecular flexibility index (Phi) is 3.89. The van der Waals surface area contributed by atoms with E-state index in [0.29, 0.717) is 24.4 Å². The summed E-state index contributed by atoms with van der Waals surface area (Å²) in [5.41, 5.74) is 0. The fraction of sp³-hybridized carbons (Fsp3) is 0.636. The second-order valence-corrected chi connectivity index (χ2v) is 5.26. The summed E-state index contributed by atoms with van der Waals surface area (Å²) in [6.07, 6.45) is -1.26. The van der Waals surface area contributed by atoms with Gasteiger partial charge in [-0.3, -0.25) is 4.79 Å². The van der Waals surface area contributed by atoms with E-state index >= 15 is 0 Å². The topological polar surface area (TPSA) is 42.0 Å². The van der Waals surface area contributed by atoms with Gasteiger partial charge in [0, 0.05) is 17.5 Å². The summed E-state index contributed by atoms with van der Waals surface area (Å²) < 4.78 is 38.5. The van der Waals surface area contributed by atoms with Crippen LogP contribution >= 0.6 is 11.3 Å². The first-order chi connectivity index (χ1) is 8.48. The van der Waals surface area contributed by atoms with E-state index in [1.165, 1.54) is 17.5 Å². The van der Waals surface area contributed by atoms with Crippen LogP contribution in [0.5, 0.6) is 0 Å². The molecule has 100 valence electrons. The molecule has 0 radical (unpaired) electrons. The number of alkyl halides is 3. The van der Waals surface area contributed by atoms with E-state index in [2.05, 4.69) is 10.3 Å². The average molecular weight is 278 g/mol. The summed E-state index contributed by atoms with van der Waals surface area (Å²) in [7, 11) is 0. The Labute approximate surface area is 106 Å². The molecule has 0 aliphatic heterocycles. The summed E-state index contributed by atoms with van der Waals surface area (Å²) in [6, 6.07) is 0. The van der Waals surface area contributed by atoms with Gasteiger partial charge in [0.1, 0.15) is 0 Å². The largest absolute Gasteiger partial charge is 0.392 e. The van der Waals surface area contributed by atoms with Gasteiger partial charge in [-0.25, -0.2) is 4.98 Å². The maximum absolute atomic E-state index is 12.8. The van der Waals surface area contributed by atoms with E-state index in [0.717, 1.165) is 0 Å². The van der Waals surface area contributed by atoms with Crippen LogP contribution in [0.1, 0.15) is 25.7 Å². The van der Waals surface area contributed by atoms with Crippen molar-refractivity contribution in [1.29, 1.82) is 0 Å². The Balaban J connectivity index is 2.06. The molecule has 1 N–H and O–H groups in total. The van der Waals surface area contributed by atoms with Crippen LogP contribution in [0, 0.1) is 11.8 Å². The number of anilines is 1. The minimum Gasteiger partial charge on any atom is -0.302 e. The quantitative estimate of drug-likeness (QED) is 0.900. The van der Waals surface area contributed by atoms with Gasteiger partial charge in [0.2, 0.25) is 5.91 Å². The number of hydrogen-bond acceptors (Lipinski definition) is 3. The van der Waals surface area contributed by atoms with Crippen LogP contribution in [0.15, 0.2) is 11.6 Å². The number of carbonyl (C=O) groups excluding carboxylic acids is 1. The third-order valence-corrected chi connectivity index (χ3v) is 3.87. The summed E-state index contributed by atoms with van der Waals surface area (Å²) in [5.74, 6) is -3.07. The van der Waals surface area contributed by atoms with Gasteiger partial charge in [0.25, 0.3) is 0 Å². The van der Waals surface area contributed by atoms with E-state index < -0.39 is 23.9 Å². The minimum atomic E-state index is -4.30. The lowest BCUT2D eigenvalue weighted by molar-refractivity contribution is -0.197. The third-order valence-electron chi connectivity index (χ3n) is 3.19. The second kappa shape index (κ2) is 5.26. The molecule has 2 rings (SSSR count). The monoisotopic (exact) mass is 278 g/mol. The first-order valence-electron chi connectivity index (χ1n) is 5.75. The van der Waals surface area contributed by atoms with Crippen LogP contribution in [0.2, 0.25) is 0 Å². The third kappa shape index (κ3) is 3.01. The predicted octanol–water partition coefficient (Wildman–Crippen LogP) is 3.45. The molecule has 1 aliphatic carbocycles. The zero-order chi connectivity index (χ0) is 13.2. The Morgan fingerprint density at radius 1 is 1.39 bits per heavy atom. The Bertz CT molecular complexity index is 405. The Hall–Kier alpha value is -1.11. The molecule has 1 aliphatic rings. The Morgan fingerprint density at radius 2 is 2.11 bits per heavy atom. The molecule has 1 heterocycles. The van der Waals surface area contributed by atoms with Gasteiger partial charge in [-0.05, 0) is 12.8 Å². The number of nitrogens with zero attached hydrogens (tertiary/aromatic N) is 1. The van der Waals surface area contributed by atoms with Crippen LogP contribution in [0.4, 0.5) is 18.3 Å². The van der Waals surface area contributed by atoms with Crippen LogP contribution in [-0.2, 0) is 4.79 Å². The molecule has 18 heavy (non-hydrogen) atoms. The smallest absolute Gasteiger partial charge is 0.302 e. The lowest BCUT2D eigenvalue weighted by Gasteiger charge is -2.31. The molecule has 1 fully saturated rings. The van der Waals surface area contributed by atoms with Crippen molar-refractivity contribution in [2.24, 2.45) is 11.8 Å². The molecule has 1 aromatic heterocycles. The van der Waals surface area contributed by atoms with Crippen molar-refractivity contribution in [2.45, 2.75) is 31.9 Å². The van der Waals surface area contributed by atoms with E-state index in [4.69, 9.17) is 0 Å². The standard InChI is InChI=1S/C11H13F3N2OS/c12-11(13,14)8-4-2-1-3-7(8)9(17)16-10-15-5-6-18-10/h5-8H,1-4H2,(H,15,16,17)/t7-,8+/m0/s1. The van der Waals surface area contributed by atoms with Crippen LogP contribution < -0.4 is 5.32 Å². The highest BCUT2D eigenvalue weighted by Gasteiger charge is 2.48. The van der Waals surface area contributed by atoms with E-state index in [9.17, 15) is 18.0 Å². The number of amides is 1. The molecule has 0 unspecified atom stereocenters. The average Bonchev–Trinajstić information content (AvgIpc) is 2.80. The molecule has 0 bridgehead atoms. The number of halogens is 3. The fourth-order valence-electron chi connectivity index (χ4n) is 2.32. The number of hydrogen-bond donors (Lipinski definition) is 1. The summed E-state index contributed by atoms with van der Waals surface area (Å²) in [4.78, 5) is 15.7. The van der Waals surface area contributed by atoms with Crippen molar-refractivity contribution < 1.29 is 18.0 Å². The number of carbonyl (C=O) groups is 1. The molecule has 1 amide bonds. The summed E-state index contributed by atoms with van der Waals surface area (Å²) >= 11 is 1.20. The number of nitrogens with one attached hydrogen (secondary N) is 1. The van der Waals surface area contributed by atoms with Crippen LogP contribution in [0.3, 0.4) is 0 Å². The number of thiazole rings is 1. The van der Waals surface area contributed by atoms with Crippen molar-refractivity contribution >= 4 is 22.4 Å². The van der Waals surface area contributed by atoms with E-state index in [1.54, 1.807) is 5.38 Å². The Morgan fingerprint density at radius 3 is 2.72 bits per heavy atom. The summed E-state index contributed by atoms with van der Waals surface area (Å²) in [5, 5.41) is 4.48. The predicted molar refractivity (Wildman–Crippen MR) is 62.2 cm³/mol. The lowest BCUT2D eigenvalue weighted by Crippen LogP contribution is -2.39. The van der Waals surface area contributed by atoms with Gasteiger partial charge in [-0.2, -0.15) is 13.2 Å². The number of rotatable bonds is 2. The zero-order valence-corrected chi connectivity index (χ0v) is 10.4. The van der Waals surface area contributed by atoms with E-state index in [1.807, 2.05) is 0 Å². The summed E-state index contributed by atoms with van der Waals surface area (Å²) in [6.45, 7) is 0. The second-order valence-electron chi connectivity index (χ2n) is 4.37. The van der Waals surface area contributed by atoms with Crippen LogP contribution in [-0.4, -0.2) is 17.1 Å². The van der Waals surface area contributed by atoms with Gasteiger partial charge >= 0.3 is 6.18 Å². The van der Waals surface area contributed by atoms with Gasteiger partial charge < -0.3 is 5.32 Å². The molecular formula is C11H13F3N2OS. The molecule has 1 aromatic rings. The van der Waals surface area contributed by atoms with Crippen molar-refractivity contribution in [1.82, 2.24) is 4.98 Å². The van der Waals surface area contributed by atoms with Crippen molar-refractivity contribution in [3.05, 3.63) is 11.6 Å². The van der Waals surface area contributed by atoms with Crippen molar-refractivity contribution in [3.8, 4) is 0 Å². The molecular weight excluding hydrogens is 265 g/mol. The first kappa shape index (κ1) is 13.3. The lowest BCUT2D eigenvalue weighted by atomic mass is 9.78. The molecule has 3 nitrogen and oxygen atoms in total. The molecule has 0 aromatic carbocycles. The number of aromatic nitrogens is 1. The van der Waals surface area contributed by atoms with Gasteiger partial charge in [0.15, 0.2) is 5.13 Å².